The Hall–Kier alpha value is -1.09. The molecule has 2 atom stereocenters. The largest absolute Gasteiger partial charge is 0.371 e. The molecule has 0 amide bonds. The zero-order valence-corrected chi connectivity index (χ0v) is 11.7. The minimum Gasteiger partial charge on any atom is -0.371 e. The Morgan fingerprint density at radius 2 is 2.06 bits per heavy atom. The standard InChI is InChI=1S/C15H18N2S/c1-9(2)15-12-7-17(8-13(12)15)11-3-4-14-10(5-11)6-16-18-14/h3-6,9,12-13,15H,7-8H2,1-2H3. The van der Waals surface area contributed by atoms with Crippen molar-refractivity contribution < 1.29 is 0 Å². The highest BCUT2D eigenvalue weighted by Gasteiger charge is 2.56. The lowest BCUT2D eigenvalue weighted by Crippen LogP contribution is -2.24. The van der Waals surface area contributed by atoms with Gasteiger partial charge in [0.15, 0.2) is 0 Å². The molecule has 1 aromatic heterocycles. The Morgan fingerprint density at radius 1 is 1.28 bits per heavy atom. The van der Waals surface area contributed by atoms with E-state index in [0.717, 1.165) is 23.7 Å². The molecule has 0 bridgehead atoms. The lowest BCUT2D eigenvalue weighted by atomic mass is 10.0. The predicted octanol–water partition coefficient (Wildman–Crippen LogP) is 3.63. The molecule has 0 N–H and O–H groups in total. The first kappa shape index (κ1) is 10.8. The van der Waals surface area contributed by atoms with Gasteiger partial charge >= 0.3 is 0 Å². The molecule has 2 nitrogen and oxygen atoms in total. The maximum Gasteiger partial charge on any atom is 0.0551 e. The summed E-state index contributed by atoms with van der Waals surface area (Å²) >= 11 is 1.58. The first-order valence-corrected chi connectivity index (χ1v) is 7.61. The van der Waals surface area contributed by atoms with Gasteiger partial charge in [-0.3, -0.25) is 0 Å². The van der Waals surface area contributed by atoms with E-state index in [1.807, 2.05) is 6.20 Å². The summed E-state index contributed by atoms with van der Waals surface area (Å²) in [5.74, 6) is 3.78. The van der Waals surface area contributed by atoms with Crippen molar-refractivity contribution in [2.75, 3.05) is 18.0 Å². The molecule has 0 radical (unpaired) electrons. The van der Waals surface area contributed by atoms with E-state index in [1.165, 1.54) is 28.9 Å². The summed E-state index contributed by atoms with van der Waals surface area (Å²) in [6, 6.07) is 6.77. The molecule has 1 aromatic carbocycles. The fraction of sp³-hybridized carbons (Fsp3) is 0.533. The second kappa shape index (κ2) is 3.70. The summed E-state index contributed by atoms with van der Waals surface area (Å²) in [4.78, 5) is 2.56. The quantitative estimate of drug-likeness (QED) is 0.817. The van der Waals surface area contributed by atoms with E-state index in [0.29, 0.717) is 0 Å². The smallest absolute Gasteiger partial charge is 0.0551 e. The van der Waals surface area contributed by atoms with E-state index < -0.39 is 0 Å². The third-order valence-corrected chi connectivity index (χ3v) is 5.51. The van der Waals surface area contributed by atoms with E-state index >= 15 is 0 Å². The van der Waals surface area contributed by atoms with E-state index in [1.54, 1.807) is 11.5 Å². The summed E-state index contributed by atoms with van der Waals surface area (Å²) in [5, 5.41) is 1.29. The molecular formula is C15H18N2S. The van der Waals surface area contributed by atoms with Gasteiger partial charge in [-0.2, -0.15) is 4.37 Å². The number of anilines is 1. The Labute approximate surface area is 112 Å². The summed E-state index contributed by atoms with van der Waals surface area (Å²) in [6.45, 7) is 7.26. The number of aromatic nitrogens is 1. The zero-order chi connectivity index (χ0) is 12.3. The molecule has 94 valence electrons. The van der Waals surface area contributed by atoms with Crippen LogP contribution in [0.4, 0.5) is 5.69 Å². The maximum atomic E-state index is 4.25. The number of hydrogen-bond donors (Lipinski definition) is 0. The predicted molar refractivity (Wildman–Crippen MR) is 77.1 cm³/mol. The minimum absolute atomic E-state index is 0.866. The van der Waals surface area contributed by atoms with Crippen molar-refractivity contribution >= 4 is 27.3 Å². The van der Waals surface area contributed by atoms with Crippen molar-refractivity contribution in [2.45, 2.75) is 13.8 Å². The van der Waals surface area contributed by atoms with Crippen molar-refractivity contribution in [3.8, 4) is 0 Å². The Balaban J connectivity index is 1.56. The number of benzene rings is 1. The molecule has 2 heterocycles. The van der Waals surface area contributed by atoms with Gasteiger partial charge in [-0.25, -0.2) is 0 Å². The highest BCUT2D eigenvalue weighted by molar-refractivity contribution is 7.13. The van der Waals surface area contributed by atoms with Crippen molar-refractivity contribution in [1.82, 2.24) is 4.37 Å². The van der Waals surface area contributed by atoms with Gasteiger partial charge in [0.05, 0.1) is 4.70 Å². The van der Waals surface area contributed by atoms with Crippen molar-refractivity contribution in [2.24, 2.45) is 23.7 Å². The molecule has 2 aromatic rings. The van der Waals surface area contributed by atoms with Gasteiger partial charge in [-0.05, 0) is 53.4 Å². The highest BCUT2D eigenvalue weighted by Crippen LogP contribution is 2.56. The van der Waals surface area contributed by atoms with Gasteiger partial charge < -0.3 is 4.90 Å². The molecule has 1 saturated carbocycles. The highest BCUT2D eigenvalue weighted by atomic mass is 32.1. The molecular weight excluding hydrogens is 240 g/mol. The molecule has 1 saturated heterocycles. The Bertz CT molecular complexity index is 577. The first-order valence-electron chi connectivity index (χ1n) is 6.83. The van der Waals surface area contributed by atoms with E-state index in [4.69, 9.17) is 0 Å². The van der Waals surface area contributed by atoms with Crippen molar-refractivity contribution in [3.05, 3.63) is 24.4 Å². The molecule has 2 aliphatic rings. The molecule has 4 rings (SSSR count). The van der Waals surface area contributed by atoms with Crippen LogP contribution in [0.15, 0.2) is 24.4 Å². The van der Waals surface area contributed by atoms with Crippen LogP contribution in [-0.2, 0) is 0 Å². The van der Waals surface area contributed by atoms with Crippen LogP contribution in [0.25, 0.3) is 10.1 Å². The van der Waals surface area contributed by atoms with Crippen LogP contribution in [0, 0.1) is 23.7 Å². The number of hydrogen-bond acceptors (Lipinski definition) is 3. The average molecular weight is 258 g/mol. The summed E-state index contributed by atoms with van der Waals surface area (Å²) < 4.78 is 5.55. The number of piperidine rings is 1. The summed E-state index contributed by atoms with van der Waals surface area (Å²) in [5.41, 5.74) is 1.39. The van der Waals surface area contributed by atoms with Crippen LogP contribution < -0.4 is 4.90 Å². The third-order valence-electron chi connectivity index (χ3n) is 4.73. The first-order chi connectivity index (χ1) is 8.74. The van der Waals surface area contributed by atoms with Crippen LogP contribution >= 0.6 is 11.5 Å². The van der Waals surface area contributed by atoms with Gasteiger partial charge in [-0.15, -0.1) is 0 Å². The minimum atomic E-state index is 0.866. The SMILES string of the molecule is CC(C)C1C2CN(c3ccc4sncc4c3)CC21. The van der Waals surface area contributed by atoms with Crippen molar-refractivity contribution in [1.29, 1.82) is 0 Å². The molecule has 1 aliphatic carbocycles. The Kier molecular flexibility index (Phi) is 2.22. The van der Waals surface area contributed by atoms with Gasteiger partial charge in [0, 0.05) is 30.4 Å². The van der Waals surface area contributed by atoms with E-state index in [9.17, 15) is 0 Å². The van der Waals surface area contributed by atoms with Crippen LogP contribution in [0.2, 0.25) is 0 Å². The number of rotatable bonds is 2. The van der Waals surface area contributed by atoms with Crippen LogP contribution in [0.3, 0.4) is 0 Å². The topological polar surface area (TPSA) is 16.1 Å². The molecule has 3 heteroatoms. The van der Waals surface area contributed by atoms with Crippen molar-refractivity contribution in [3.63, 3.8) is 0 Å². The summed E-state index contributed by atoms with van der Waals surface area (Å²) in [7, 11) is 0. The average Bonchev–Trinajstić information content (AvgIpc) is 2.78. The van der Waals surface area contributed by atoms with Gasteiger partial charge in [0.2, 0.25) is 0 Å². The Morgan fingerprint density at radius 3 is 2.78 bits per heavy atom. The molecule has 18 heavy (non-hydrogen) atoms. The van der Waals surface area contributed by atoms with E-state index in [2.05, 4.69) is 41.3 Å². The normalized spacial score (nSPS) is 30.2. The fourth-order valence-corrected chi connectivity index (χ4v) is 4.45. The third kappa shape index (κ3) is 1.50. The second-order valence-electron chi connectivity index (χ2n) is 6.10. The van der Waals surface area contributed by atoms with E-state index in [-0.39, 0.29) is 0 Å². The molecule has 0 spiro atoms. The molecule has 1 aliphatic heterocycles. The molecule has 2 fully saturated rings. The number of nitrogens with zero attached hydrogens (tertiary/aromatic N) is 2. The van der Waals surface area contributed by atoms with Gasteiger partial charge in [0.1, 0.15) is 0 Å². The lowest BCUT2D eigenvalue weighted by Gasteiger charge is -2.23. The summed E-state index contributed by atoms with van der Waals surface area (Å²) in [6.07, 6.45) is 1.98. The van der Waals surface area contributed by atoms with Gasteiger partial charge in [-0.1, -0.05) is 13.8 Å². The monoisotopic (exact) mass is 258 g/mol. The van der Waals surface area contributed by atoms with Crippen LogP contribution in [0.5, 0.6) is 0 Å². The number of fused-ring (bicyclic) bond motifs is 2. The molecule has 2 unspecified atom stereocenters. The van der Waals surface area contributed by atoms with Crippen LogP contribution in [-0.4, -0.2) is 17.5 Å². The zero-order valence-electron chi connectivity index (χ0n) is 10.8. The maximum absolute atomic E-state index is 4.25. The second-order valence-corrected chi connectivity index (χ2v) is 6.94. The van der Waals surface area contributed by atoms with Crippen LogP contribution in [0.1, 0.15) is 13.8 Å². The fourth-order valence-electron chi connectivity index (χ4n) is 3.83. The van der Waals surface area contributed by atoms with Gasteiger partial charge in [0.25, 0.3) is 0 Å². The lowest BCUT2D eigenvalue weighted by molar-refractivity contribution is 0.480.